The lowest BCUT2D eigenvalue weighted by molar-refractivity contribution is -0.161. The molecule has 0 saturated heterocycles. The van der Waals surface area contributed by atoms with E-state index in [4.69, 9.17) is 37.0 Å². The van der Waals surface area contributed by atoms with Crippen LogP contribution in [0.15, 0.2) is 0 Å². The van der Waals surface area contributed by atoms with Gasteiger partial charge in [-0.3, -0.25) is 37.3 Å². The van der Waals surface area contributed by atoms with E-state index >= 15 is 0 Å². The lowest BCUT2D eigenvalue weighted by Gasteiger charge is -2.21. The summed E-state index contributed by atoms with van der Waals surface area (Å²) < 4.78 is 67.9. The van der Waals surface area contributed by atoms with Gasteiger partial charge in [-0.05, 0) is 31.6 Å². The van der Waals surface area contributed by atoms with Gasteiger partial charge in [0, 0.05) is 25.7 Å². The number of aliphatic hydroxyl groups excluding tert-OH is 1. The minimum absolute atomic E-state index is 0.105. The highest BCUT2D eigenvalue weighted by atomic mass is 31.2. The molecule has 2 unspecified atom stereocenters. The molecule has 0 aliphatic carbocycles. The number of aliphatic hydroxyl groups is 1. The van der Waals surface area contributed by atoms with Gasteiger partial charge < -0.3 is 33.8 Å². The van der Waals surface area contributed by atoms with Crippen LogP contribution in [0.25, 0.3) is 0 Å². The first kappa shape index (κ1) is 85.1. The monoisotopic (exact) mass is 1280 g/mol. The number of phosphoric acid groups is 2. The standard InChI is InChI=1S/C68H132O17P2/c1-6-9-12-15-17-19-20-21-22-23-24-27-31-35-39-44-49-54-68(73)85-64(58-79-66(71)52-47-42-37-34-30-28-25-26-29-33-36-41-45-50-61(4)5)60-83-87(76,77)81-56-62(69)55-80-86(74,75)82-59-63(57-78-65(70)51-46-40-14-11-8-3)84-67(72)53-48-43-38-32-18-16-13-10-7-2/h61-64,69H,6-60H2,1-5H3,(H,74,75)(H,76,77)/t62-,63+,64+/m0/s1. The average molecular weight is 1280 g/mol. The zero-order chi connectivity index (χ0) is 64.2. The Morgan fingerprint density at radius 3 is 0.782 bits per heavy atom. The molecular weight excluding hydrogens is 1150 g/mol. The Bertz CT molecular complexity index is 1690. The second-order valence-corrected chi connectivity index (χ2v) is 27.9. The molecule has 3 N–H and O–H groups in total. The van der Waals surface area contributed by atoms with Crippen LogP contribution in [0.2, 0.25) is 0 Å². The molecule has 0 aromatic carbocycles. The summed E-state index contributed by atoms with van der Waals surface area (Å²) in [6, 6.07) is 0. The first-order valence-electron chi connectivity index (χ1n) is 35.6. The SMILES string of the molecule is CCCCCCCCCCCCCCCCCCCC(=O)O[C@H](COC(=O)CCCCCCCCCCCCCCCC(C)C)COP(=O)(O)OC[C@@H](O)COP(=O)(O)OC[C@@H](COC(=O)CCCCCCC)OC(=O)CCCCCCCCCCC. The summed E-state index contributed by atoms with van der Waals surface area (Å²) in [7, 11) is -9.88. The molecule has 87 heavy (non-hydrogen) atoms. The third kappa shape index (κ3) is 62.6. The van der Waals surface area contributed by atoms with Crippen molar-refractivity contribution >= 4 is 39.5 Å². The number of phosphoric ester groups is 2. The fourth-order valence-corrected chi connectivity index (χ4v) is 11.9. The van der Waals surface area contributed by atoms with Gasteiger partial charge in [0.2, 0.25) is 0 Å². The number of hydrogen-bond donors (Lipinski definition) is 3. The molecule has 0 spiro atoms. The van der Waals surface area contributed by atoms with Crippen molar-refractivity contribution in [3.63, 3.8) is 0 Å². The summed E-state index contributed by atoms with van der Waals surface area (Å²) in [5.41, 5.74) is 0. The van der Waals surface area contributed by atoms with Gasteiger partial charge in [-0.1, -0.05) is 298 Å². The van der Waals surface area contributed by atoms with Gasteiger partial charge >= 0.3 is 39.5 Å². The Balaban J connectivity index is 5.14. The maximum absolute atomic E-state index is 13.0. The highest BCUT2D eigenvalue weighted by molar-refractivity contribution is 7.47. The van der Waals surface area contributed by atoms with E-state index in [0.717, 1.165) is 102 Å². The molecule has 0 aliphatic heterocycles. The van der Waals surface area contributed by atoms with Crippen LogP contribution in [0, 0.1) is 5.92 Å². The van der Waals surface area contributed by atoms with Gasteiger partial charge in [0.15, 0.2) is 12.2 Å². The normalized spacial score (nSPS) is 14.1. The maximum atomic E-state index is 13.0. The number of carbonyl (C=O) groups excluding carboxylic acids is 4. The molecule has 0 bridgehead atoms. The first-order valence-corrected chi connectivity index (χ1v) is 38.6. The van der Waals surface area contributed by atoms with Crippen molar-refractivity contribution in [3.05, 3.63) is 0 Å². The van der Waals surface area contributed by atoms with E-state index in [0.29, 0.717) is 25.7 Å². The van der Waals surface area contributed by atoms with Crippen molar-refractivity contribution in [2.24, 2.45) is 5.92 Å². The van der Waals surface area contributed by atoms with Gasteiger partial charge in [-0.15, -0.1) is 0 Å². The molecule has 0 fully saturated rings. The highest BCUT2D eigenvalue weighted by Gasteiger charge is 2.30. The van der Waals surface area contributed by atoms with E-state index < -0.39 is 97.5 Å². The molecule has 0 saturated carbocycles. The second kappa shape index (κ2) is 61.6. The minimum atomic E-state index is -4.95. The van der Waals surface area contributed by atoms with E-state index in [1.54, 1.807) is 0 Å². The van der Waals surface area contributed by atoms with E-state index in [9.17, 15) is 43.2 Å². The van der Waals surface area contributed by atoms with Crippen LogP contribution in [-0.4, -0.2) is 96.7 Å². The second-order valence-electron chi connectivity index (χ2n) is 25.0. The zero-order valence-electron chi connectivity index (χ0n) is 56.2. The lowest BCUT2D eigenvalue weighted by Crippen LogP contribution is -2.30. The molecule has 5 atom stereocenters. The van der Waals surface area contributed by atoms with E-state index in [-0.39, 0.29) is 25.7 Å². The topological polar surface area (TPSA) is 237 Å². The number of carbonyl (C=O) groups is 4. The summed E-state index contributed by atoms with van der Waals surface area (Å²) >= 11 is 0. The summed E-state index contributed by atoms with van der Waals surface area (Å²) in [4.78, 5) is 72.1. The molecule has 19 heteroatoms. The molecule has 0 aromatic rings. The van der Waals surface area contributed by atoms with E-state index in [2.05, 4.69) is 34.6 Å². The van der Waals surface area contributed by atoms with Crippen molar-refractivity contribution in [3.8, 4) is 0 Å². The molecule has 0 rings (SSSR count). The van der Waals surface area contributed by atoms with Crippen LogP contribution in [0.1, 0.15) is 349 Å². The largest absolute Gasteiger partial charge is 0.472 e. The van der Waals surface area contributed by atoms with Crippen LogP contribution in [0.3, 0.4) is 0 Å². The van der Waals surface area contributed by atoms with Gasteiger partial charge in [-0.25, -0.2) is 9.13 Å². The highest BCUT2D eigenvalue weighted by Crippen LogP contribution is 2.45. The maximum Gasteiger partial charge on any atom is 0.472 e. The molecule has 0 aliphatic rings. The van der Waals surface area contributed by atoms with Crippen molar-refractivity contribution in [2.45, 2.75) is 368 Å². The van der Waals surface area contributed by atoms with Crippen molar-refractivity contribution in [1.82, 2.24) is 0 Å². The quantitative estimate of drug-likeness (QED) is 0.0222. The summed E-state index contributed by atoms with van der Waals surface area (Å²) in [6.07, 6.45) is 47.6. The van der Waals surface area contributed by atoms with Crippen molar-refractivity contribution in [2.75, 3.05) is 39.6 Å². The Morgan fingerprint density at radius 2 is 0.529 bits per heavy atom. The van der Waals surface area contributed by atoms with Gasteiger partial charge in [-0.2, -0.15) is 0 Å². The first-order chi connectivity index (χ1) is 42.0. The number of esters is 4. The Kier molecular flexibility index (Phi) is 60.2. The van der Waals surface area contributed by atoms with E-state index in [1.807, 2.05) is 0 Å². The number of hydrogen-bond acceptors (Lipinski definition) is 15. The van der Waals surface area contributed by atoms with Crippen LogP contribution in [0.4, 0.5) is 0 Å². The number of ether oxygens (including phenoxy) is 4. The molecular formula is C68H132O17P2. The number of rotatable bonds is 68. The Hall–Kier alpha value is -1.94. The average Bonchev–Trinajstić information content (AvgIpc) is 3.52. The number of unbranched alkanes of at least 4 members (excludes halogenated alkanes) is 40. The summed E-state index contributed by atoms with van der Waals surface area (Å²) in [5.74, 6) is -1.35. The fraction of sp³-hybridized carbons (Fsp3) is 0.941. The van der Waals surface area contributed by atoms with Crippen molar-refractivity contribution in [1.29, 1.82) is 0 Å². The van der Waals surface area contributed by atoms with Crippen LogP contribution in [0.5, 0.6) is 0 Å². The zero-order valence-corrected chi connectivity index (χ0v) is 57.9. The molecule has 0 radical (unpaired) electrons. The molecule has 0 aromatic heterocycles. The third-order valence-corrected chi connectivity index (χ3v) is 17.7. The van der Waals surface area contributed by atoms with Crippen LogP contribution in [-0.2, 0) is 65.4 Å². The minimum Gasteiger partial charge on any atom is -0.462 e. The van der Waals surface area contributed by atoms with Crippen molar-refractivity contribution < 1.29 is 80.2 Å². The van der Waals surface area contributed by atoms with Crippen LogP contribution >= 0.6 is 15.6 Å². The Morgan fingerprint density at radius 1 is 0.310 bits per heavy atom. The van der Waals surface area contributed by atoms with E-state index in [1.165, 1.54) is 167 Å². The smallest absolute Gasteiger partial charge is 0.462 e. The predicted molar refractivity (Wildman–Crippen MR) is 349 cm³/mol. The van der Waals surface area contributed by atoms with Gasteiger partial charge in [0.25, 0.3) is 0 Å². The molecule has 0 heterocycles. The molecule has 17 nitrogen and oxygen atoms in total. The van der Waals surface area contributed by atoms with Crippen LogP contribution < -0.4 is 0 Å². The predicted octanol–water partition coefficient (Wildman–Crippen LogP) is 19.4. The lowest BCUT2D eigenvalue weighted by atomic mass is 10.0. The summed E-state index contributed by atoms with van der Waals surface area (Å²) in [5, 5.41) is 10.5. The Labute approximate surface area is 530 Å². The fourth-order valence-electron chi connectivity index (χ4n) is 10.3. The molecule has 516 valence electrons. The van der Waals surface area contributed by atoms with Gasteiger partial charge in [0.05, 0.1) is 26.4 Å². The summed E-state index contributed by atoms with van der Waals surface area (Å²) in [6.45, 7) is 7.15. The molecule has 0 amide bonds. The van der Waals surface area contributed by atoms with Gasteiger partial charge in [0.1, 0.15) is 19.3 Å². The third-order valence-electron chi connectivity index (χ3n) is 15.8.